The first kappa shape index (κ1) is 16.3. The van der Waals surface area contributed by atoms with E-state index >= 15 is 0 Å². The second-order valence-electron chi connectivity index (χ2n) is 6.81. The summed E-state index contributed by atoms with van der Waals surface area (Å²) >= 11 is 5.33. The Morgan fingerprint density at radius 2 is 2.21 bits per heavy atom. The van der Waals surface area contributed by atoms with Crippen LogP contribution >= 0.6 is 27.3 Å². The third kappa shape index (κ3) is 3.30. The average molecular weight is 405 g/mol. The number of hydrogen-bond donors (Lipinski definition) is 1. The minimum absolute atomic E-state index is 0.0877. The Labute approximate surface area is 155 Å². The van der Waals surface area contributed by atoms with Crippen LogP contribution < -0.4 is 5.32 Å². The lowest BCUT2D eigenvalue weighted by Gasteiger charge is -2.35. The highest BCUT2D eigenvalue weighted by molar-refractivity contribution is 9.10. The molecule has 1 fully saturated rings. The number of carbonyl (C=O) groups excluding carboxylic acids is 1. The van der Waals surface area contributed by atoms with Crippen LogP contribution in [0.3, 0.4) is 0 Å². The third-order valence-corrected chi connectivity index (χ3v) is 6.49. The van der Waals surface area contributed by atoms with Crippen molar-refractivity contribution < 1.29 is 4.79 Å². The van der Waals surface area contributed by atoms with Gasteiger partial charge in [-0.05, 0) is 72.9 Å². The molecule has 0 saturated heterocycles. The van der Waals surface area contributed by atoms with Gasteiger partial charge >= 0.3 is 0 Å². The predicted molar refractivity (Wildman–Crippen MR) is 103 cm³/mol. The number of halogens is 1. The summed E-state index contributed by atoms with van der Waals surface area (Å²) in [5.74, 6) is 0.825. The van der Waals surface area contributed by atoms with Crippen LogP contribution in [0.15, 0.2) is 34.1 Å². The average Bonchev–Trinajstić information content (AvgIpc) is 3.26. The van der Waals surface area contributed by atoms with Gasteiger partial charge in [-0.2, -0.15) is 0 Å². The molecule has 126 valence electrons. The van der Waals surface area contributed by atoms with Crippen LogP contribution in [0, 0.1) is 12.8 Å². The van der Waals surface area contributed by atoms with E-state index in [9.17, 15) is 4.79 Å². The van der Waals surface area contributed by atoms with Crippen molar-refractivity contribution >= 4 is 38.9 Å². The summed E-state index contributed by atoms with van der Waals surface area (Å²) in [6.45, 7) is 3.49. The van der Waals surface area contributed by atoms with Gasteiger partial charge in [0.1, 0.15) is 0 Å². The van der Waals surface area contributed by atoms with Crippen molar-refractivity contribution in [2.75, 3.05) is 18.4 Å². The Morgan fingerprint density at radius 1 is 1.38 bits per heavy atom. The Bertz CT molecular complexity index is 768. The molecule has 0 spiro atoms. The number of hydrogen-bond acceptors (Lipinski definition) is 3. The standard InChI is InChI=1S/C19H21BrN2OS/c1-12-10-14(20)4-5-16(12)21-18(23)11-22-8-6-17-15(7-9-24-17)19(22)13-2-3-13/h4-5,7,9-10,13,19H,2-3,6,8,11H2,1H3,(H,21,23)/t19-/m1/s1. The van der Waals surface area contributed by atoms with E-state index in [2.05, 4.69) is 37.6 Å². The van der Waals surface area contributed by atoms with Crippen molar-refractivity contribution in [3.05, 3.63) is 50.1 Å². The lowest BCUT2D eigenvalue weighted by atomic mass is 9.96. The number of thiophene rings is 1. The van der Waals surface area contributed by atoms with Crippen LogP contribution in [-0.2, 0) is 11.2 Å². The van der Waals surface area contributed by atoms with Gasteiger partial charge in [-0.15, -0.1) is 11.3 Å². The Kier molecular flexibility index (Phi) is 4.50. The zero-order valence-corrected chi connectivity index (χ0v) is 16.1. The highest BCUT2D eigenvalue weighted by atomic mass is 79.9. The van der Waals surface area contributed by atoms with E-state index in [1.165, 1.54) is 23.3 Å². The molecule has 2 heterocycles. The zero-order valence-electron chi connectivity index (χ0n) is 13.7. The van der Waals surface area contributed by atoms with Crippen molar-refractivity contribution in [2.24, 2.45) is 5.92 Å². The second-order valence-corrected chi connectivity index (χ2v) is 8.73. The van der Waals surface area contributed by atoms with Gasteiger partial charge in [-0.25, -0.2) is 0 Å². The van der Waals surface area contributed by atoms with Crippen molar-refractivity contribution in [2.45, 2.75) is 32.2 Å². The predicted octanol–water partition coefficient (Wildman–Crippen LogP) is 4.77. The Morgan fingerprint density at radius 3 is 2.96 bits per heavy atom. The number of rotatable bonds is 4. The van der Waals surface area contributed by atoms with Crippen molar-refractivity contribution in [3.8, 4) is 0 Å². The number of fused-ring (bicyclic) bond motifs is 1. The van der Waals surface area contributed by atoms with Gasteiger partial charge < -0.3 is 5.32 Å². The van der Waals surface area contributed by atoms with Gasteiger partial charge in [0, 0.05) is 27.6 Å². The largest absolute Gasteiger partial charge is 0.325 e. The maximum atomic E-state index is 12.6. The quantitative estimate of drug-likeness (QED) is 0.795. The zero-order chi connectivity index (χ0) is 16.7. The van der Waals surface area contributed by atoms with Crippen LogP contribution in [0.1, 0.15) is 34.9 Å². The van der Waals surface area contributed by atoms with E-state index in [-0.39, 0.29) is 5.91 Å². The fraction of sp³-hybridized carbons (Fsp3) is 0.421. The molecule has 0 bridgehead atoms. The fourth-order valence-corrected chi connectivity index (χ4v) is 5.07. The number of nitrogens with zero attached hydrogens (tertiary/aromatic N) is 1. The first-order valence-electron chi connectivity index (χ1n) is 8.48. The number of anilines is 1. The van der Waals surface area contributed by atoms with Crippen LogP contribution in [0.25, 0.3) is 0 Å². The van der Waals surface area contributed by atoms with Crippen LogP contribution in [0.5, 0.6) is 0 Å². The van der Waals surface area contributed by atoms with E-state index in [1.54, 1.807) is 0 Å². The van der Waals surface area contributed by atoms with E-state index < -0.39 is 0 Å². The first-order valence-corrected chi connectivity index (χ1v) is 10.2. The molecule has 1 N–H and O–H groups in total. The summed E-state index contributed by atoms with van der Waals surface area (Å²) in [5.41, 5.74) is 3.45. The highest BCUT2D eigenvalue weighted by Crippen LogP contribution is 2.48. The minimum Gasteiger partial charge on any atom is -0.325 e. The lowest BCUT2D eigenvalue weighted by molar-refractivity contribution is -0.118. The molecule has 1 aromatic carbocycles. The van der Waals surface area contributed by atoms with Crippen LogP contribution in [0.4, 0.5) is 5.69 Å². The monoisotopic (exact) mass is 404 g/mol. The van der Waals surface area contributed by atoms with Gasteiger partial charge in [0.25, 0.3) is 0 Å². The molecule has 5 heteroatoms. The molecule has 2 aromatic rings. The lowest BCUT2D eigenvalue weighted by Crippen LogP contribution is -2.41. The van der Waals surface area contributed by atoms with Crippen molar-refractivity contribution in [1.29, 1.82) is 0 Å². The molecule has 2 aliphatic rings. The maximum Gasteiger partial charge on any atom is 0.238 e. The van der Waals surface area contributed by atoms with E-state index in [0.29, 0.717) is 12.6 Å². The molecule has 24 heavy (non-hydrogen) atoms. The molecule has 0 radical (unpaired) electrons. The highest BCUT2D eigenvalue weighted by Gasteiger charge is 2.40. The molecule has 0 unspecified atom stereocenters. The van der Waals surface area contributed by atoms with E-state index in [0.717, 1.165) is 34.6 Å². The van der Waals surface area contributed by atoms with Crippen molar-refractivity contribution in [1.82, 2.24) is 4.90 Å². The van der Waals surface area contributed by atoms with Crippen LogP contribution in [0.2, 0.25) is 0 Å². The molecule has 4 rings (SSSR count). The molecule has 1 saturated carbocycles. The Hall–Kier alpha value is -1.17. The topological polar surface area (TPSA) is 32.3 Å². The second kappa shape index (κ2) is 6.62. The summed E-state index contributed by atoms with van der Waals surface area (Å²) in [6.07, 6.45) is 3.66. The molecular weight excluding hydrogens is 384 g/mol. The summed E-state index contributed by atoms with van der Waals surface area (Å²) in [4.78, 5) is 16.5. The Balaban J connectivity index is 1.47. The summed E-state index contributed by atoms with van der Waals surface area (Å²) in [7, 11) is 0. The van der Waals surface area contributed by atoms with Gasteiger partial charge in [-0.1, -0.05) is 15.9 Å². The van der Waals surface area contributed by atoms with Gasteiger partial charge in [0.2, 0.25) is 5.91 Å². The van der Waals surface area contributed by atoms with Gasteiger partial charge in [-0.3, -0.25) is 9.69 Å². The fourth-order valence-electron chi connectivity index (χ4n) is 3.68. The number of amides is 1. The van der Waals surface area contributed by atoms with E-state index in [4.69, 9.17) is 0 Å². The van der Waals surface area contributed by atoms with Gasteiger partial charge in [0.05, 0.1) is 6.54 Å². The van der Waals surface area contributed by atoms with E-state index in [1.807, 2.05) is 36.5 Å². The van der Waals surface area contributed by atoms with Crippen LogP contribution in [-0.4, -0.2) is 23.9 Å². The molecular formula is C19H21BrN2OS. The molecule has 1 atom stereocenters. The maximum absolute atomic E-state index is 12.6. The SMILES string of the molecule is Cc1cc(Br)ccc1NC(=O)CN1CCc2sccc2[C@H]1C1CC1. The molecule has 3 nitrogen and oxygen atoms in total. The summed E-state index contributed by atoms with van der Waals surface area (Å²) in [6, 6.07) is 8.67. The molecule has 1 aromatic heterocycles. The molecule has 1 aliphatic carbocycles. The summed E-state index contributed by atoms with van der Waals surface area (Å²) in [5, 5.41) is 5.29. The van der Waals surface area contributed by atoms with Crippen molar-refractivity contribution in [3.63, 3.8) is 0 Å². The third-order valence-electron chi connectivity index (χ3n) is 5.00. The number of nitrogens with one attached hydrogen (secondary N) is 1. The number of carbonyl (C=O) groups is 1. The van der Waals surface area contributed by atoms with Gasteiger partial charge in [0.15, 0.2) is 0 Å². The molecule has 1 aliphatic heterocycles. The molecule has 1 amide bonds. The number of aryl methyl sites for hydroxylation is 1. The summed E-state index contributed by atoms with van der Waals surface area (Å²) < 4.78 is 1.04. The normalized spacial score (nSPS) is 20.7. The first-order chi connectivity index (χ1) is 11.6. The number of benzene rings is 1. The smallest absolute Gasteiger partial charge is 0.238 e. The minimum atomic E-state index is 0.0877.